The Hall–Kier alpha value is -1.39. The molecule has 1 atom stereocenters. The van der Waals surface area contributed by atoms with E-state index in [9.17, 15) is 4.79 Å². The van der Waals surface area contributed by atoms with Crippen molar-refractivity contribution < 1.29 is 9.53 Å². The topological polar surface area (TPSA) is 57.0 Å². The Morgan fingerprint density at radius 2 is 1.95 bits per heavy atom. The highest BCUT2D eigenvalue weighted by Crippen LogP contribution is 2.26. The first-order valence-corrected chi connectivity index (χ1v) is 7.24. The van der Waals surface area contributed by atoms with Gasteiger partial charge in [0.05, 0.1) is 6.61 Å². The van der Waals surface area contributed by atoms with E-state index in [0.29, 0.717) is 18.3 Å². The molecule has 20 heavy (non-hydrogen) atoms. The Morgan fingerprint density at radius 3 is 2.35 bits per heavy atom. The van der Waals surface area contributed by atoms with Crippen molar-refractivity contribution in [3.05, 3.63) is 11.6 Å². The second-order valence-corrected chi connectivity index (χ2v) is 6.60. The summed E-state index contributed by atoms with van der Waals surface area (Å²) >= 11 is 0. The molecule has 0 amide bonds. The summed E-state index contributed by atoms with van der Waals surface area (Å²) in [4.78, 5) is 16.8. The molecule has 114 valence electrons. The standard InChI is InChI=1S/C15H27N3O2/c1-8-20-13(19)11(9-10(2)3)12-16-14(15(4,5)6)17-18(12)7/h10-11H,8-9H2,1-7H3. The largest absolute Gasteiger partial charge is 0.465 e. The van der Waals surface area contributed by atoms with E-state index in [1.54, 1.807) is 4.68 Å². The number of carbonyl (C=O) groups is 1. The van der Waals surface area contributed by atoms with Gasteiger partial charge in [-0.25, -0.2) is 4.98 Å². The van der Waals surface area contributed by atoms with Gasteiger partial charge in [0.1, 0.15) is 11.7 Å². The summed E-state index contributed by atoms with van der Waals surface area (Å²) in [5, 5.41) is 4.45. The van der Waals surface area contributed by atoms with Crippen molar-refractivity contribution in [3.63, 3.8) is 0 Å². The minimum Gasteiger partial charge on any atom is -0.465 e. The monoisotopic (exact) mass is 281 g/mol. The zero-order valence-corrected chi connectivity index (χ0v) is 13.7. The van der Waals surface area contributed by atoms with Crippen molar-refractivity contribution in [2.75, 3.05) is 6.61 Å². The molecular weight excluding hydrogens is 254 g/mol. The van der Waals surface area contributed by atoms with Crippen molar-refractivity contribution in [1.82, 2.24) is 14.8 Å². The van der Waals surface area contributed by atoms with Gasteiger partial charge in [-0.15, -0.1) is 0 Å². The molecule has 0 aliphatic carbocycles. The third-order valence-corrected chi connectivity index (χ3v) is 3.06. The van der Waals surface area contributed by atoms with Crippen LogP contribution in [-0.2, 0) is 22.0 Å². The fourth-order valence-electron chi connectivity index (χ4n) is 2.04. The Kier molecular flexibility index (Phi) is 5.31. The summed E-state index contributed by atoms with van der Waals surface area (Å²) < 4.78 is 6.90. The SMILES string of the molecule is CCOC(=O)C(CC(C)C)c1nc(C(C)(C)C)nn1C. The average molecular weight is 281 g/mol. The van der Waals surface area contributed by atoms with E-state index >= 15 is 0 Å². The molecule has 0 saturated heterocycles. The molecule has 5 nitrogen and oxygen atoms in total. The number of ether oxygens (including phenoxy) is 1. The Labute approximate surface area is 121 Å². The highest BCUT2D eigenvalue weighted by molar-refractivity contribution is 5.77. The number of carbonyl (C=O) groups excluding carboxylic acids is 1. The van der Waals surface area contributed by atoms with Gasteiger partial charge in [-0.05, 0) is 19.3 Å². The van der Waals surface area contributed by atoms with Gasteiger partial charge < -0.3 is 4.74 Å². The molecule has 0 aliphatic rings. The van der Waals surface area contributed by atoms with Crippen LogP contribution in [0.1, 0.15) is 65.5 Å². The lowest BCUT2D eigenvalue weighted by Crippen LogP contribution is -2.21. The van der Waals surface area contributed by atoms with E-state index in [1.165, 1.54) is 0 Å². The van der Waals surface area contributed by atoms with E-state index in [4.69, 9.17) is 4.74 Å². The van der Waals surface area contributed by atoms with Gasteiger partial charge in [0.25, 0.3) is 0 Å². The van der Waals surface area contributed by atoms with Gasteiger partial charge in [-0.2, -0.15) is 5.10 Å². The zero-order chi connectivity index (χ0) is 15.5. The van der Waals surface area contributed by atoms with Crippen LogP contribution >= 0.6 is 0 Å². The van der Waals surface area contributed by atoms with E-state index in [2.05, 4.69) is 44.7 Å². The molecule has 0 fully saturated rings. The average Bonchev–Trinajstić information content (AvgIpc) is 2.68. The van der Waals surface area contributed by atoms with E-state index in [1.807, 2.05) is 14.0 Å². The molecule has 1 heterocycles. The van der Waals surface area contributed by atoms with Crippen LogP contribution in [0.4, 0.5) is 0 Å². The van der Waals surface area contributed by atoms with Crippen molar-refractivity contribution >= 4 is 5.97 Å². The number of nitrogens with zero attached hydrogens (tertiary/aromatic N) is 3. The highest BCUT2D eigenvalue weighted by Gasteiger charge is 2.30. The Morgan fingerprint density at radius 1 is 1.35 bits per heavy atom. The molecule has 0 aliphatic heterocycles. The van der Waals surface area contributed by atoms with Gasteiger partial charge in [0.15, 0.2) is 5.82 Å². The molecule has 1 unspecified atom stereocenters. The maximum atomic E-state index is 12.2. The van der Waals surface area contributed by atoms with Crippen LogP contribution in [0.2, 0.25) is 0 Å². The predicted octanol–water partition coefficient (Wildman–Crippen LogP) is 2.81. The number of aromatic nitrogens is 3. The van der Waals surface area contributed by atoms with Gasteiger partial charge in [0, 0.05) is 12.5 Å². The maximum absolute atomic E-state index is 12.2. The fourth-order valence-corrected chi connectivity index (χ4v) is 2.04. The summed E-state index contributed by atoms with van der Waals surface area (Å²) in [7, 11) is 1.84. The first-order chi connectivity index (χ1) is 9.16. The lowest BCUT2D eigenvalue weighted by Gasteiger charge is -2.16. The first-order valence-electron chi connectivity index (χ1n) is 7.24. The van der Waals surface area contributed by atoms with Crippen LogP contribution in [0, 0.1) is 5.92 Å². The molecule has 1 aromatic heterocycles. The molecular formula is C15H27N3O2. The van der Waals surface area contributed by atoms with Gasteiger partial charge in [0.2, 0.25) is 0 Å². The molecule has 0 spiro atoms. The summed E-state index contributed by atoms with van der Waals surface area (Å²) in [6, 6.07) is 0. The zero-order valence-electron chi connectivity index (χ0n) is 13.7. The van der Waals surface area contributed by atoms with Crippen molar-refractivity contribution in [2.24, 2.45) is 13.0 Å². The molecule has 0 N–H and O–H groups in total. The molecule has 1 rings (SSSR count). The van der Waals surface area contributed by atoms with Crippen molar-refractivity contribution in [3.8, 4) is 0 Å². The quantitative estimate of drug-likeness (QED) is 0.779. The van der Waals surface area contributed by atoms with Crippen LogP contribution in [0.3, 0.4) is 0 Å². The van der Waals surface area contributed by atoms with Crippen LogP contribution in [0.15, 0.2) is 0 Å². The van der Waals surface area contributed by atoms with E-state index in [0.717, 1.165) is 12.2 Å². The summed E-state index contributed by atoms with van der Waals surface area (Å²) in [5.41, 5.74) is -0.132. The normalized spacial score (nSPS) is 13.6. The van der Waals surface area contributed by atoms with Gasteiger partial charge in [-0.3, -0.25) is 9.48 Å². The number of esters is 1. The number of rotatable bonds is 5. The third-order valence-electron chi connectivity index (χ3n) is 3.06. The highest BCUT2D eigenvalue weighted by atomic mass is 16.5. The second kappa shape index (κ2) is 6.37. The minimum absolute atomic E-state index is 0.132. The number of aryl methyl sites for hydroxylation is 1. The number of hydrogen-bond donors (Lipinski definition) is 0. The summed E-state index contributed by atoms with van der Waals surface area (Å²) in [5.74, 6) is 1.29. The van der Waals surface area contributed by atoms with Gasteiger partial charge in [-0.1, -0.05) is 34.6 Å². The van der Waals surface area contributed by atoms with Crippen LogP contribution in [0.25, 0.3) is 0 Å². The lowest BCUT2D eigenvalue weighted by molar-refractivity contribution is -0.145. The molecule has 0 radical (unpaired) electrons. The van der Waals surface area contributed by atoms with E-state index in [-0.39, 0.29) is 17.3 Å². The molecule has 1 aromatic rings. The Balaban J connectivity index is 3.13. The maximum Gasteiger partial charge on any atom is 0.316 e. The van der Waals surface area contributed by atoms with E-state index < -0.39 is 0 Å². The smallest absolute Gasteiger partial charge is 0.316 e. The predicted molar refractivity (Wildman–Crippen MR) is 78.5 cm³/mol. The molecule has 5 heteroatoms. The van der Waals surface area contributed by atoms with Crippen molar-refractivity contribution in [1.29, 1.82) is 0 Å². The minimum atomic E-state index is -0.344. The second-order valence-electron chi connectivity index (χ2n) is 6.60. The lowest BCUT2D eigenvalue weighted by atomic mass is 9.95. The third kappa shape index (κ3) is 4.05. The summed E-state index contributed by atoms with van der Waals surface area (Å²) in [6.07, 6.45) is 0.717. The van der Waals surface area contributed by atoms with Crippen LogP contribution < -0.4 is 0 Å². The molecule has 0 aromatic carbocycles. The summed E-state index contributed by atoms with van der Waals surface area (Å²) in [6.45, 7) is 12.6. The molecule has 0 bridgehead atoms. The molecule has 0 saturated carbocycles. The van der Waals surface area contributed by atoms with Crippen LogP contribution in [0.5, 0.6) is 0 Å². The van der Waals surface area contributed by atoms with Gasteiger partial charge >= 0.3 is 5.97 Å². The first kappa shape index (κ1) is 16.7. The fraction of sp³-hybridized carbons (Fsp3) is 0.800. The van der Waals surface area contributed by atoms with Crippen molar-refractivity contribution in [2.45, 2.75) is 59.3 Å². The Bertz CT molecular complexity index is 458. The van der Waals surface area contributed by atoms with Crippen LogP contribution in [-0.4, -0.2) is 27.3 Å². The number of hydrogen-bond acceptors (Lipinski definition) is 4.